The largest absolute Gasteiger partial charge is 0.326 e. The van der Waals surface area contributed by atoms with Crippen molar-refractivity contribution in [1.29, 1.82) is 0 Å². The van der Waals surface area contributed by atoms with Crippen LogP contribution in [0.1, 0.15) is 43.4 Å². The smallest absolute Gasteiger partial charge is 0.241 e. The van der Waals surface area contributed by atoms with E-state index in [1.165, 1.54) is 11.3 Å². The molecule has 1 unspecified atom stereocenters. The van der Waals surface area contributed by atoms with Crippen LogP contribution >= 0.6 is 11.3 Å². The summed E-state index contributed by atoms with van der Waals surface area (Å²) in [6, 6.07) is 1.63. The van der Waals surface area contributed by atoms with Crippen molar-refractivity contribution in [2.75, 3.05) is 0 Å². The van der Waals surface area contributed by atoms with Crippen molar-refractivity contribution in [1.82, 2.24) is 4.72 Å². The van der Waals surface area contributed by atoms with E-state index in [0.29, 0.717) is 17.4 Å². The number of rotatable bonds is 7. The van der Waals surface area contributed by atoms with Gasteiger partial charge in [0.2, 0.25) is 10.0 Å². The lowest BCUT2D eigenvalue weighted by atomic mass is 9.96. The van der Waals surface area contributed by atoms with Gasteiger partial charge in [-0.1, -0.05) is 26.7 Å². The second-order valence-corrected chi connectivity index (χ2v) is 7.85. The summed E-state index contributed by atoms with van der Waals surface area (Å²) in [5, 5.41) is 0. The van der Waals surface area contributed by atoms with Gasteiger partial charge < -0.3 is 5.73 Å². The lowest BCUT2D eigenvalue weighted by Gasteiger charge is -2.22. The normalized spacial score (nSPS) is 14.0. The number of nitrogens with one attached hydrogen (secondary N) is 1. The van der Waals surface area contributed by atoms with Gasteiger partial charge in [0.05, 0.1) is 4.90 Å². The zero-order valence-electron chi connectivity index (χ0n) is 12.1. The maximum atomic E-state index is 12.4. The molecule has 1 rings (SSSR count). The zero-order chi connectivity index (χ0) is 14.6. The van der Waals surface area contributed by atoms with Crippen molar-refractivity contribution in [3.63, 3.8) is 0 Å². The minimum Gasteiger partial charge on any atom is -0.326 e. The quantitative estimate of drug-likeness (QED) is 0.813. The van der Waals surface area contributed by atoms with Crippen LogP contribution in [0.5, 0.6) is 0 Å². The molecule has 0 aliphatic rings. The van der Waals surface area contributed by atoms with Crippen LogP contribution in [0.2, 0.25) is 0 Å². The van der Waals surface area contributed by atoms with Gasteiger partial charge in [-0.25, -0.2) is 13.1 Å². The van der Waals surface area contributed by atoms with Gasteiger partial charge >= 0.3 is 0 Å². The summed E-state index contributed by atoms with van der Waals surface area (Å²) < 4.78 is 27.6. The Morgan fingerprint density at radius 3 is 2.37 bits per heavy atom. The van der Waals surface area contributed by atoms with Gasteiger partial charge in [-0.3, -0.25) is 0 Å². The molecule has 110 valence electrons. The molecule has 6 heteroatoms. The summed E-state index contributed by atoms with van der Waals surface area (Å²) in [7, 11) is -3.44. The summed E-state index contributed by atoms with van der Waals surface area (Å²) in [6.07, 6.45) is 1.94. The average molecular weight is 304 g/mol. The fourth-order valence-electron chi connectivity index (χ4n) is 2.29. The van der Waals surface area contributed by atoms with Crippen molar-refractivity contribution >= 4 is 21.4 Å². The molecule has 4 nitrogen and oxygen atoms in total. The van der Waals surface area contributed by atoms with Gasteiger partial charge in [0.1, 0.15) is 0 Å². The SMILES string of the molecule is CCC(CC)C(C)NS(=O)(=O)c1cc(CN)sc1C. The van der Waals surface area contributed by atoms with E-state index in [2.05, 4.69) is 18.6 Å². The molecule has 0 radical (unpaired) electrons. The third-order valence-corrected chi connectivity index (χ3v) is 6.40. The number of hydrogen-bond donors (Lipinski definition) is 2. The maximum Gasteiger partial charge on any atom is 0.241 e. The van der Waals surface area contributed by atoms with Crippen molar-refractivity contribution < 1.29 is 8.42 Å². The molecule has 1 heterocycles. The Kier molecular flexibility index (Phi) is 5.98. The second-order valence-electron chi connectivity index (χ2n) is 4.82. The fraction of sp³-hybridized carbons (Fsp3) is 0.692. The Balaban J connectivity index is 2.94. The number of aryl methyl sites for hydroxylation is 1. The molecule has 3 N–H and O–H groups in total. The molecule has 0 aromatic carbocycles. The topological polar surface area (TPSA) is 72.2 Å². The Morgan fingerprint density at radius 2 is 1.95 bits per heavy atom. The van der Waals surface area contributed by atoms with E-state index in [0.717, 1.165) is 22.6 Å². The molecule has 0 amide bonds. The molecule has 0 saturated carbocycles. The molecule has 0 spiro atoms. The van der Waals surface area contributed by atoms with Crippen LogP contribution in [0.25, 0.3) is 0 Å². The van der Waals surface area contributed by atoms with Gasteiger partial charge in [-0.15, -0.1) is 11.3 Å². The van der Waals surface area contributed by atoms with Gasteiger partial charge in [0.25, 0.3) is 0 Å². The Labute approximate surface area is 120 Å². The maximum absolute atomic E-state index is 12.4. The minimum absolute atomic E-state index is 0.0550. The highest BCUT2D eigenvalue weighted by molar-refractivity contribution is 7.89. The van der Waals surface area contributed by atoms with Gasteiger partial charge in [-0.2, -0.15) is 0 Å². The Hall–Kier alpha value is -0.430. The lowest BCUT2D eigenvalue weighted by molar-refractivity contribution is 0.390. The van der Waals surface area contributed by atoms with Crippen LogP contribution < -0.4 is 10.5 Å². The fourth-order valence-corrected chi connectivity index (χ4v) is 5.12. The average Bonchev–Trinajstić information content (AvgIpc) is 2.72. The van der Waals surface area contributed by atoms with E-state index in [9.17, 15) is 8.42 Å². The van der Waals surface area contributed by atoms with Crippen molar-refractivity contribution in [2.24, 2.45) is 11.7 Å². The van der Waals surface area contributed by atoms with Gasteiger partial charge in [-0.05, 0) is 25.8 Å². The highest BCUT2D eigenvalue weighted by atomic mass is 32.2. The highest BCUT2D eigenvalue weighted by Gasteiger charge is 2.24. The molecule has 0 saturated heterocycles. The molecule has 1 aromatic rings. The van der Waals surface area contributed by atoms with Crippen molar-refractivity contribution in [3.8, 4) is 0 Å². The number of sulfonamides is 1. The zero-order valence-corrected chi connectivity index (χ0v) is 13.7. The number of nitrogens with two attached hydrogens (primary N) is 1. The second kappa shape index (κ2) is 6.83. The first-order valence-electron chi connectivity index (χ1n) is 6.67. The third kappa shape index (κ3) is 4.02. The minimum atomic E-state index is -3.44. The first-order chi connectivity index (χ1) is 8.85. The van der Waals surface area contributed by atoms with E-state index >= 15 is 0 Å². The summed E-state index contributed by atoms with van der Waals surface area (Å²) in [6.45, 7) is 8.30. The first-order valence-corrected chi connectivity index (χ1v) is 8.97. The van der Waals surface area contributed by atoms with E-state index in [1.807, 2.05) is 13.8 Å². The van der Waals surface area contributed by atoms with Crippen LogP contribution in [-0.4, -0.2) is 14.5 Å². The van der Waals surface area contributed by atoms with E-state index in [-0.39, 0.29) is 6.04 Å². The lowest BCUT2D eigenvalue weighted by Crippen LogP contribution is -2.37. The third-order valence-electron chi connectivity index (χ3n) is 3.51. The first kappa shape index (κ1) is 16.6. The predicted octanol–water partition coefficient (Wildman–Crippen LogP) is 2.62. The molecule has 1 atom stereocenters. The molecule has 0 bridgehead atoms. The van der Waals surface area contributed by atoms with E-state index in [1.54, 1.807) is 6.07 Å². The van der Waals surface area contributed by atoms with E-state index < -0.39 is 10.0 Å². The molecule has 19 heavy (non-hydrogen) atoms. The molecule has 0 aliphatic carbocycles. The predicted molar refractivity (Wildman–Crippen MR) is 80.8 cm³/mol. The van der Waals surface area contributed by atoms with Crippen molar-refractivity contribution in [2.45, 2.75) is 58.0 Å². The highest BCUT2D eigenvalue weighted by Crippen LogP contribution is 2.26. The molecule has 0 fully saturated rings. The molecular weight excluding hydrogens is 280 g/mol. The van der Waals surface area contributed by atoms with Gasteiger partial charge in [0, 0.05) is 22.3 Å². The molecule has 0 aliphatic heterocycles. The standard InChI is InChI=1S/C13H24N2O2S2/c1-5-11(6-2)9(3)15-19(16,17)13-7-12(8-14)18-10(13)4/h7,9,11,15H,5-6,8,14H2,1-4H3. The number of hydrogen-bond acceptors (Lipinski definition) is 4. The number of thiophene rings is 1. The van der Waals surface area contributed by atoms with Crippen LogP contribution in [0.15, 0.2) is 11.0 Å². The summed E-state index contributed by atoms with van der Waals surface area (Å²) in [4.78, 5) is 2.06. The summed E-state index contributed by atoms with van der Waals surface area (Å²) >= 11 is 1.44. The monoisotopic (exact) mass is 304 g/mol. The van der Waals surface area contributed by atoms with Crippen LogP contribution in [0.3, 0.4) is 0 Å². The summed E-state index contributed by atoms with van der Waals surface area (Å²) in [5.74, 6) is 0.364. The van der Waals surface area contributed by atoms with E-state index in [4.69, 9.17) is 5.73 Å². The van der Waals surface area contributed by atoms with Crippen molar-refractivity contribution in [3.05, 3.63) is 15.8 Å². The van der Waals surface area contributed by atoms with Gasteiger partial charge in [0.15, 0.2) is 0 Å². The van der Waals surface area contributed by atoms with Crippen LogP contribution in [0.4, 0.5) is 0 Å². The Morgan fingerprint density at radius 1 is 1.37 bits per heavy atom. The van der Waals surface area contributed by atoms with Crippen LogP contribution in [0, 0.1) is 12.8 Å². The van der Waals surface area contributed by atoms with Crippen LogP contribution in [-0.2, 0) is 16.6 Å². The molecular formula is C13H24N2O2S2. The Bertz CT molecular complexity index is 505. The molecule has 1 aromatic heterocycles. The summed E-state index contributed by atoms with van der Waals surface area (Å²) in [5.41, 5.74) is 5.56.